The van der Waals surface area contributed by atoms with Crippen LogP contribution in [0.4, 0.5) is 0 Å². The average Bonchev–Trinajstić information content (AvgIpc) is 2.27. The topological polar surface area (TPSA) is 60.2 Å². The van der Waals surface area contributed by atoms with Crippen LogP contribution in [-0.2, 0) is 9.84 Å². The Labute approximate surface area is 112 Å². The number of hydrogen-bond donors (Lipinski definition) is 1. The molecule has 0 aromatic heterocycles. The van der Waals surface area contributed by atoms with Gasteiger partial charge < -0.3 is 5.73 Å². The minimum Gasteiger partial charge on any atom is -0.323 e. The molecule has 0 aliphatic rings. The molecule has 6 heteroatoms. The van der Waals surface area contributed by atoms with E-state index in [2.05, 4.69) is 0 Å². The number of rotatable bonds is 4. The van der Waals surface area contributed by atoms with Crippen LogP contribution in [0.15, 0.2) is 18.2 Å². The third-order valence-corrected chi connectivity index (χ3v) is 5.59. The molecule has 0 aliphatic carbocycles. The molecule has 0 radical (unpaired) electrons. The molecule has 0 aliphatic heterocycles. The van der Waals surface area contributed by atoms with Crippen LogP contribution in [0.25, 0.3) is 0 Å². The first kappa shape index (κ1) is 14.8. The van der Waals surface area contributed by atoms with Crippen molar-refractivity contribution in [2.75, 3.05) is 5.75 Å². The van der Waals surface area contributed by atoms with Crippen molar-refractivity contribution in [1.82, 2.24) is 0 Å². The van der Waals surface area contributed by atoms with Crippen molar-refractivity contribution < 1.29 is 8.42 Å². The summed E-state index contributed by atoms with van der Waals surface area (Å²) in [7, 11) is -3.19. The standard InChI is InChI=1S/C11H15Cl2NO2S/c1-3-17(15,16)7(2)11(14)9-5-4-8(12)6-10(9)13/h4-7,11H,3,14H2,1-2H3/t7-,11+/m1/s1. The van der Waals surface area contributed by atoms with Gasteiger partial charge in [-0.2, -0.15) is 0 Å². The molecule has 3 nitrogen and oxygen atoms in total. The monoisotopic (exact) mass is 295 g/mol. The first-order valence-corrected chi connectivity index (χ1v) is 7.68. The summed E-state index contributed by atoms with van der Waals surface area (Å²) >= 11 is 11.8. The summed E-state index contributed by atoms with van der Waals surface area (Å²) < 4.78 is 23.5. The van der Waals surface area contributed by atoms with E-state index in [1.165, 1.54) is 0 Å². The van der Waals surface area contributed by atoms with Crippen LogP contribution in [0.3, 0.4) is 0 Å². The minimum atomic E-state index is -3.19. The summed E-state index contributed by atoms with van der Waals surface area (Å²) in [5.74, 6) is 0.0626. The molecule has 0 fully saturated rings. The summed E-state index contributed by atoms with van der Waals surface area (Å²) in [6.45, 7) is 3.19. The first-order chi connectivity index (χ1) is 7.79. The maximum absolute atomic E-state index is 11.7. The van der Waals surface area contributed by atoms with E-state index < -0.39 is 21.1 Å². The van der Waals surface area contributed by atoms with Crippen molar-refractivity contribution in [3.8, 4) is 0 Å². The van der Waals surface area contributed by atoms with Gasteiger partial charge in [0.25, 0.3) is 0 Å². The van der Waals surface area contributed by atoms with E-state index in [1.54, 1.807) is 32.0 Å². The lowest BCUT2D eigenvalue weighted by Gasteiger charge is -2.21. The minimum absolute atomic E-state index is 0.0626. The third kappa shape index (κ3) is 3.35. The van der Waals surface area contributed by atoms with Gasteiger partial charge in [0, 0.05) is 21.8 Å². The normalized spacial score (nSPS) is 15.6. The SMILES string of the molecule is CCS(=O)(=O)[C@H](C)[C@H](N)c1ccc(Cl)cc1Cl. The second-order valence-electron chi connectivity index (χ2n) is 3.85. The van der Waals surface area contributed by atoms with Gasteiger partial charge in [0.05, 0.1) is 5.25 Å². The summed E-state index contributed by atoms with van der Waals surface area (Å²) in [6, 6.07) is 4.22. The fraction of sp³-hybridized carbons (Fsp3) is 0.455. The van der Waals surface area contributed by atoms with Crippen LogP contribution in [0.5, 0.6) is 0 Å². The molecule has 1 rings (SSSR count). The number of benzene rings is 1. The Kier molecular flexibility index (Phi) is 4.84. The maximum Gasteiger partial charge on any atom is 0.154 e. The lowest BCUT2D eigenvalue weighted by atomic mass is 10.1. The fourth-order valence-electron chi connectivity index (χ4n) is 1.51. The van der Waals surface area contributed by atoms with Crippen molar-refractivity contribution in [2.45, 2.75) is 25.1 Å². The first-order valence-electron chi connectivity index (χ1n) is 5.21. The Bertz CT molecular complexity index is 502. The quantitative estimate of drug-likeness (QED) is 0.929. The van der Waals surface area contributed by atoms with Gasteiger partial charge in [-0.1, -0.05) is 36.2 Å². The average molecular weight is 296 g/mol. The lowest BCUT2D eigenvalue weighted by Crippen LogP contribution is -2.32. The van der Waals surface area contributed by atoms with Gasteiger partial charge in [-0.15, -0.1) is 0 Å². The Hall–Kier alpha value is -0.290. The van der Waals surface area contributed by atoms with Crippen LogP contribution in [0.1, 0.15) is 25.5 Å². The second-order valence-corrected chi connectivity index (χ2v) is 7.34. The van der Waals surface area contributed by atoms with E-state index in [1.807, 2.05) is 0 Å². The molecule has 0 heterocycles. The van der Waals surface area contributed by atoms with Crippen LogP contribution >= 0.6 is 23.2 Å². The molecule has 2 atom stereocenters. The summed E-state index contributed by atoms with van der Waals surface area (Å²) in [5, 5.41) is 0.214. The molecular weight excluding hydrogens is 281 g/mol. The van der Waals surface area contributed by atoms with Gasteiger partial charge in [-0.05, 0) is 24.6 Å². The Morgan fingerprint density at radius 2 is 1.94 bits per heavy atom. The van der Waals surface area contributed by atoms with Crippen molar-refractivity contribution in [1.29, 1.82) is 0 Å². The van der Waals surface area contributed by atoms with Crippen LogP contribution in [0, 0.1) is 0 Å². The predicted molar refractivity (Wildman–Crippen MR) is 72.3 cm³/mol. The largest absolute Gasteiger partial charge is 0.323 e. The van der Waals surface area contributed by atoms with Gasteiger partial charge in [0.15, 0.2) is 9.84 Å². The maximum atomic E-state index is 11.7. The smallest absolute Gasteiger partial charge is 0.154 e. The summed E-state index contributed by atoms with van der Waals surface area (Å²) in [6.07, 6.45) is 0. The molecule has 1 aromatic rings. The lowest BCUT2D eigenvalue weighted by molar-refractivity contribution is 0.566. The zero-order valence-electron chi connectivity index (χ0n) is 9.65. The Balaban J connectivity index is 3.09. The van der Waals surface area contributed by atoms with Gasteiger partial charge in [-0.3, -0.25) is 0 Å². The summed E-state index contributed by atoms with van der Waals surface area (Å²) in [4.78, 5) is 0. The number of nitrogens with two attached hydrogens (primary N) is 1. The zero-order valence-corrected chi connectivity index (χ0v) is 12.0. The molecular formula is C11H15Cl2NO2S. The van der Waals surface area contributed by atoms with Gasteiger partial charge >= 0.3 is 0 Å². The van der Waals surface area contributed by atoms with Crippen LogP contribution in [-0.4, -0.2) is 19.4 Å². The van der Waals surface area contributed by atoms with Gasteiger partial charge in [0.1, 0.15) is 0 Å². The Morgan fingerprint density at radius 1 is 1.35 bits per heavy atom. The second kappa shape index (κ2) is 5.57. The predicted octanol–water partition coefficient (Wildman–Crippen LogP) is 2.82. The molecule has 1 aromatic carbocycles. The molecule has 0 unspecified atom stereocenters. The molecule has 2 N–H and O–H groups in total. The van der Waals surface area contributed by atoms with E-state index >= 15 is 0 Å². The molecule has 0 bridgehead atoms. The highest BCUT2D eigenvalue weighted by atomic mass is 35.5. The van der Waals surface area contributed by atoms with Crippen molar-refractivity contribution in [3.63, 3.8) is 0 Å². The molecule has 0 amide bonds. The zero-order chi connectivity index (χ0) is 13.2. The molecule has 0 saturated heterocycles. The van der Waals surface area contributed by atoms with E-state index in [0.29, 0.717) is 15.6 Å². The molecule has 0 saturated carbocycles. The molecule has 0 spiro atoms. The highest BCUT2D eigenvalue weighted by Gasteiger charge is 2.27. The van der Waals surface area contributed by atoms with Crippen LogP contribution in [0.2, 0.25) is 10.0 Å². The van der Waals surface area contributed by atoms with Crippen molar-refractivity contribution in [2.24, 2.45) is 5.73 Å². The molecule has 96 valence electrons. The summed E-state index contributed by atoms with van der Waals surface area (Å²) in [5.41, 5.74) is 6.54. The van der Waals surface area contributed by atoms with Crippen LogP contribution < -0.4 is 5.73 Å². The fourth-order valence-corrected chi connectivity index (χ4v) is 3.16. The number of halogens is 2. The third-order valence-electron chi connectivity index (χ3n) is 2.80. The van der Waals surface area contributed by atoms with E-state index in [0.717, 1.165) is 0 Å². The van der Waals surface area contributed by atoms with Gasteiger partial charge in [-0.25, -0.2) is 8.42 Å². The Morgan fingerprint density at radius 3 is 2.41 bits per heavy atom. The number of hydrogen-bond acceptors (Lipinski definition) is 3. The van der Waals surface area contributed by atoms with Gasteiger partial charge in [0.2, 0.25) is 0 Å². The van der Waals surface area contributed by atoms with E-state index in [-0.39, 0.29) is 5.75 Å². The molecule has 17 heavy (non-hydrogen) atoms. The van der Waals surface area contributed by atoms with E-state index in [4.69, 9.17) is 28.9 Å². The highest BCUT2D eigenvalue weighted by Crippen LogP contribution is 2.29. The van der Waals surface area contributed by atoms with E-state index in [9.17, 15) is 8.42 Å². The van der Waals surface area contributed by atoms with Crippen molar-refractivity contribution in [3.05, 3.63) is 33.8 Å². The van der Waals surface area contributed by atoms with Crippen molar-refractivity contribution >= 4 is 33.0 Å². The number of sulfone groups is 1. The highest BCUT2D eigenvalue weighted by molar-refractivity contribution is 7.92.